The van der Waals surface area contributed by atoms with Crippen molar-refractivity contribution in [2.45, 2.75) is 32.2 Å². The molecule has 0 aliphatic carbocycles. The number of aromatic amines is 1. The van der Waals surface area contributed by atoms with Crippen molar-refractivity contribution in [1.29, 1.82) is 0 Å². The van der Waals surface area contributed by atoms with E-state index >= 15 is 0 Å². The summed E-state index contributed by atoms with van der Waals surface area (Å²) in [7, 11) is 1.60. The minimum absolute atomic E-state index is 0.0563. The van der Waals surface area contributed by atoms with E-state index in [1.165, 1.54) is 0 Å². The van der Waals surface area contributed by atoms with Gasteiger partial charge in [-0.15, -0.1) is 0 Å². The van der Waals surface area contributed by atoms with Crippen LogP contribution < -0.4 is 15.6 Å². The molecule has 0 saturated carbocycles. The lowest BCUT2D eigenvalue weighted by molar-refractivity contribution is -0.116. The van der Waals surface area contributed by atoms with Gasteiger partial charge in [0.25, 0.3) is 5.56 Å². The van der Waals surface area contributed by atoms with Gasteiger partial charge in [-0.3, -0.25) is 19.4 Å². The largest absolute Gasteiger partial charge is 0.497 e. The van der Waals surface area contributed by atoms with Crippen LogP contribution in [0.1, 0.15) is 43.4 Å². The predicted octanol–water partition coefficient (Wildman–Crippen LogP) is 2.24. The second-order valence-electron chi connectivity index (χ2n) is 5.75. The van der Waals surface area contributed by atoms with Crippen molar-refractivity contribution in [3.8, 4) is 5.75 Å². The highest BCUT2D eigenvalue weighted by Gasteiger charge is 2.33. The van der Waals surface area contributed by atoms with E-state index in [-0.39, 0.29) is 29.8 Å². The van der Waals surface area contributed by atoms with Gasteiger partial charge in [-0.1, -0.05) is 12.1 Å². The van der Waals surface area contributed by atoms with E-state index in [0.29, 0.717) is 17.1 Å². The maximum absolute atomic E-state index is 12.4. The number of carbonyl (C=O) groups excluding carboxylic acids is 1. The van der Waals surface area contributed by atoms with Gasteiger partial charge in [0.15, 0.2) is 0 Å². The van der Waals surface area contributed by atoms with Crippen LogP contribution in [0.4, 0.5) is 5.82 Å². The van der Waals surface area contributed by atoms with Crippen molar-refractivity contribution in [3.63, 3.8) is 0 Å². The molecule has 0 radical (unpaired) electrons. The molecule has 3 rings (SSSR count). The number of nitrogens with one attached hydrogen (secondary N) is 2. The molecule has 1 aliphatic rings. The Morgan fingerprint density at radius 2 is 2.09 bits per heavy atom. The molecule has 1 amide bonds. The lowest BCUT2D eigenvalue weighted by atomic mass is 9.87. The van der Waals surface area contributed by atoms with Gasteiger partial charge < -0.3 is 10.1 Å². The van der Waals surface area contributed by atoms with Crippen LogP contribution in [-0.4, -0.2) is 22.8 Å². The Morgan fingerprint density at radius 1 is 1.32 bits per heavy atom. The van der Waals surface area contributed by atoms with Crippen LogP contribution in [0.25, 0.3) is 0 Å². The monoisotopic (exact) mass is 301 g/mol. The minimum Gasteiger partial charge on any atom is -0.497 e. The number of nitrogens with zero attached hydrogens (tertiary/aromatic N) is 1. The number of benzene rings is 1. The average Bonchev–Trinajstić information content (AvgIpc) is 2.83. The first-order valence-electron chi connectivity index (χ1n) is 7.29. The summed E-state index contributed by atoms with van der Waals surface area (Å²) < 4.78 is 6.95. The first-order valence-corrected chi connectivity index (χ1v) is 7.29. The number of hydrogen-bond acceptors (Lipinski definition) is 3. The molecule has 22 heavy (non-hydrogen) atoms. The molecule has 1 aromatic heterocycles. The van der Waals surface area contributed by atoms with Crippen molar-refractivity contribution < 1.29 is 9.53 Å². The number of hydrogen-bond donors (Lipinski definition) is 2. The number of amides is 1. The quantitative estimate of drug-likeness (QED) is 0.913. The highest BCUT2D eigenvalue weighted by Crippen LogP contribution is 2.36. The van der Waals surface area contributed by atoms with Crippen LogP contribution in [0.2, 0.25) is 0 Å². The lowest BCUT2D eigenvalue weighted by Crippen LogP contribution is -2.27. The van der Waals surface area contributed by atoms with Gasteiger partial charge in [0, 0.05) is 18.4 Å². The molecule has 1 atom stereocenters. The van der Waals surface area contributed by atoms with Crippen LogP contribution >= 0.6 is 0 Å². The van der Waals surface area contributed by atoms with Crippen molar-refractivity contribution in [2.75, 3.05) is 12.4 Å². The highest BCUT2D eigenvalue weighted by atomic mass is 16.5. The molecule has 0 saturated heterocycles. The summed E-state index contributed by atoms with van der Waals surface area (Å²) in [5.41, 5.74) is 1.36. The summed E-state index contributed by atoms with van der Waals surface area (Å²) in [6, 6.07) is 7.56. The van der Waals surface area contributed by atoms with E-state index in [9.17, 15) is 9.59 Å². The van der Waals surface area contributed by atoms with Gasteiger partial charge in [-0.2, -0.15) is 0 Å². The molecule has 2 aromatic rings. The van der Waals surface area contributed by atoms with Gasteiger partial charge in [-0.25, -0.2) is 0 Å². The molecule has 2 N–H and O–H groups in total. The van der Waals surface area contributed by atoms with Gasteiger partial charge in [-0.05, 0) is 31.5 Å². The van der Waals surface area contributed by atoms with Crippen molar-refractivity contribution in [3.05, 3.63) is 45.7 Å². The molecular formula is C16H19N3O3. The summed E-state index contributed by atoms with van der Waals surface area (Å²) >= 11 is 0. The Hall–Kier alpha value is -2.50. The average molecular weight is 301 g/mol. The number of carbonyl (C=O) groups is 1. The number of fused-ring (bicyclic) bond motifs is 1. The molecule has 0 spiro atoms. The van der Waals surface area contributed by atoms with E-state index in [1.807, 2.05) is 38.1 Å². The molecule has 6 heteroatoms. The maximum atomic E-state index is 12.4. The summed E-state index contributed by atoms with van der Waals surface area (Å²) in [5.74, 6) is 0.935. The lowest BCUT2D eigenvalue weighted by Gasteiger charge is -2.24. The first-order chi connectivity index (χ1) is 10.5. The Kier molecular flexibility index (Phi) is 3.52. The second kappa shape index (κ2) is 5.36. The predicted molar refractivity (Wildman–Crippen MR) is 83.5 cm³/mol. The molecule has 0 fully saturated rings. The van der Waals surface area contributed by atoms with Gasteiger partial charge in [0.1, 0.15) is 11.6 Å². The molecule has 0 bridgehead atoms. The third kappa shape index (κ3) is 2.30. The second-order valence-corrected chi connectivity index (χ2v) is 5.75. The normalized spacial score (nSPS) is 17.3. The Morgan fingerprint density at radius 3 is 2.77 bits per heavy atom. The Bertz CT molecular complexity index is 773. The summed E-state index contributed by atoms with van der Waals surface area (Å²) in [4.78, 5) is 24.5. The van der Waals surface area contributed by atoms with E-state index in [1.54, 1.807) is 11.8 Å². The van der Waals surface area contributed by atoms with Crippen LogP contribution in [0.3, 0.4) is 0 Å². The number of rotatable bonds is 3. The zero-order chi connectivity index (χ0) is 15.9. The zero-order valence-corrected chi connectivity index (χ0v) is 12.8. The first kappa shape index (κ1) is 14.4. The van der Waals surface area contributed by atoms with Crippen LogP contribution in [0.5, 0.6) is 5.75 Å². The van der Waals surface area contributed by atoms with Crippen LogP contribution in [-0.2, 0) is 4.79 Å². The molecule has 116 valence electrons. The fourth-order valence-corrected chi connectivity index (χ4v) is 2.91. The fourth-order valence-electron chi connectivity index (χ4n) is 2.91. The van der Waals surface area contributed by atoms with Crippen LogP contribution in [0.15, 0.2) is 29.1 Å². The Labute approximate surface area is 128 Å². The van der Waals surface area contributed by atoms with Crippen molar-refractivity contribution >= 4 is 11.7 Å². The van der Waals surface area contributed by atoms with Crippen LogP contribution in [0, 0.1) is 0 Å². The molecule has 1 aromatic carbocycles. The summed E-state index contributed by atoms with van der Waals surface area (Å²) in [6.45, 7) is 3.91. The van der Waals surface area contributed by atoms with Crippen molar-refractivity contribution in [2.24, 2.45) is 0 Å². The Balaban J connectivity index is 2.16. The molecular weight excluding hydrogens is 282 g/mol. The maximum Gasteiger partial charge on any atom is 0.270 e. The summed E-state index contributed by atoms with van der Waals surface area (Å²) in [6.07, 6.45) is 0.255. The number of H-pyrrole nitrogens is 1. The smallest absolute Gasteiger partial charge is 0.270 e. The number of methoxy groups -OCH3 is 1. The molecule has 2 heterocycles. The number of ether oxygens (including phenoxy) is 1. The van der Waals surface area contributed by atoms with E-state index in [0.717, 1.165) is 5.56 Å². The van der Waals surface area contributed by atoms with Gasteiger partial charge >= 0.3 is 0 Å². The zero-order valence-electron chi connectivity index (χ0n) is 12.8. The number of aromatic nitrogens is 2. The topological polar surface area (TPSA) is 76.1 Å². The van der Waals surface area contributed by atoms with E-state index in [2.05, 4.69) is 10.4 Å². The molecule has 6 nitrogen and oxygen atoms in total. The van der Waals surface area contributed by atoms with Gasteiger partial charge in [0.2, 0.25) is 5.91 Å². The van der Waals surface area contributed by atoms with Gasteiger partial charge in [0.05, 0.1) is 12.7 Å². The SMILES string of the molecule is COc1cccc(C2CC(=O)Nc3c2c(=O)[nH]n3C(C)C)c1. The molecule has 1 aliphatic heterocycles. The summed E-state index contributed by atoms with van der Waals surface area (Å²) in [5, 5.41) is 5.64. The van der Waals surface area contributed by atoms with E-state index < -0.39 is 0 Å². The molecule has 1 unspecified atom stereocenters. The third-order valence-electron chi connectivity index (χ3n) is 3.97. The fraction of sp³-hybridized carbons (Fsp3) is 0.375. The standard InChI is InChI=1S/C16H19N3O3/c1-9(2)19-15-14(16(21)18-19)12(8-13(20)17-15)10-5-4-6-11(7-10)22-3/h4-7,9,12H,8H2,1-3H3,(H,17,20)(H,18,21). The number of anilines is 1. The van der Waals surface area contributed by atoms with E-state index in [4.69, 9.17) is 4.74 Å². The highest BCUT2D eigenvalue weighted by molar-refractivity contribution is 5.94. The third-order valence-corrected chi connectivity index (χ3v) is 3.97. The van der Waals surface area contributed by atoms with Crippen molar-refractivity contribution in [1.82, 2.24) is 9.78 Å². The minimum atomic E-state index is -0.261.